The minimum atomic E-state index is -0.705. The highest BCUT2D eigenvalue weighted by Gasteiger charge is 2.16. The Morgan fingerprint density at radius 3 is 2.19 bits per heavy atom. The van der Waals surface area contributed by atoms with Crippen molar-refractivity contribution < 1.29 is 4.79 Å². The summed E-state index contributed by atoms with van der Waals surface area (Å²) in [5, 5.41) is 3.49. The van der Waals surface area contributed by atoms with Crippen molar-refractivity contribution in [3.8, 4) is 0 Å². The number of para-hydroxylation sites is 2. The molecule has 2 heterocycles. The summed E-state index contributed by atoms with van der Waals surface area (Å²) in [5.74, 6) is -0.274. The SMILES string of the molecule is O=C(Cn1c(=O)c(=O)n(Cc2ccc(Cl)cc2)c2ccccc21)NCCN1CCCCC1. The van der Waals surface area contributed by atoms with E-state index in [-0.39, 0.29) is 19.0 Å². The molecule has 8 heteroatoms. The van der Waals surface area contributed by atoms with Crippen LogP contribution in [0.4, 0.5) is 0 Å². The first-order chi connectivity index (χ1) is 15.5. The molecule has 0 unspecified atom stereocenters. The second-order valence-electron chi connectivity index (χ2n) is 8.15. The van der Waals surface area contributed by atoms with E-state index in [1.807, 2.05) is 18.2 Å². The number of piperidine rings is 1. The first-order valence-corrected chi connectivity index (χ1v) is 11.4. The van der Waals surface area contributed by atoms with Gasteiger partial charge in [-0.25, -0.2) is 0 Å². The van der Waals surface area contributed by atoms with Gasteiger partial charge in [0.1, 0.15) is 6.54 Å². The number of benzene rings is 2. The maximum atomic E-state index is 12.9. The summed E-state index contributed by atoms with van der Waals surface area (Å²) < 4.78 is 2.72. The summed E-state index contributed by atoms with van der Waals surface area (Å²) in [5.41, 5.74) is 0.656. The summed E-state index contributed by atoms with van der Waals surface area (Å²) in [6.07, 6.45) is 3.66. The van der Waals surface area contributed by atoms with Gasteiger partial charge >= 0.3 is 11.1 Å². The minimum Gasteiger partial charge on any atom is -0.353 e. The number of aromatic nitrogens is 2. The summed E-state index contributed by atoms with van der Waals surface area (Å²) in [4.78, 5) is 40.8. The van der Waals surface area contributed by atoms with Gasteiger partial charge < -0.3 is 10.2 Å². The average Bonchev–Trinajstić information content (AvgIpc) is 2.81. The normalized spacial score (nSPS) is 14.5. The van der Waals surface area contributed by atoms with E-state index >= 15 is 0 Å². The van der Waals surface area contributed by atoms with Crippen LogP contribution in [0, 0.1) is 0 Å². The highest BCUT2D eigenvalue weighted by molar-refractivity contribution is 6.30. The van der Waals surface area contributed by atoms with E-state index in [2.05, 4.69) is 10.2 Å². The number of fused-ring (bicyclic) bond motifs is 1. The molecule has 1 aliphatic rings. The van der Waals surface area contributed by atoms with Crippen LogP contribution < -0.4 is 16.4 Å². The Morgan fingerprint density at radius 2 is 1.50 bits per heavy atom. The molecular formula is C24H27ClN4O3. The number of hydrogen-bond acceptors (Lipinski definition) is 4. The Labute approximate surface area is 191 Å². The summed E-state index contributed by atoms with van der Waals surface area (Å²) in [6, 6.07) is 14.3. The van der Waals surface area contributed by atoms with Gasteiger partial charge in [0.15, 0.2) is 0 Å². The van der Waals surface area contributed by atoms with Crippen molar-refractivity contribution in [2.24, 2.45) is 0 Å². The van der Waals surface area contributed by atoms with Gasteiger partial charge in [0.25, 0.3) is 0 Å². The van der Waals surface area contributed by atoms with Gasteiger partial charge in [-0.15, -0.1) is 0 Å². The molecule has 0 atom stereocenters. The van der Waals surface area contributed by atoms with Gasteiger partial charge in [0.05, 0.1) is 17.6 Å². The predicted octanol–water partition coefficient (Wildman–Crippen LogP) is 2.47. The topological polar surface area (TPSA) is 76.3 Å². The molecule has 32 heavy (non-hydrogen) atoms. The molecule has 0 aliphatic carbocycles. The lowest BCUT2D eigenvalue weighted by atomic mass is 10.1. The standard InChI is InChI=1S/C24H27ClN4O3/c25-19-10-8-18(9-11-19)16-28-20-6-2-3-7-21(20)29(24(32)23(28)31)17-22(30)26-12-15-27-13-4-1-5-14-27/h2-3,6-11H,1,4-5,12-17H2,(H,26,30). The molecule has 168 valence electrons. The Kier molecular flexibility index (Phi) is 7.07. The molecule has 4 rings (SSSR count). The predicted molar refractivity (Wildman–Crippen MR) is 126 cm³/mol. The molecule has 2 aromatic carbocycles. The number of likely N-dealkylation sites (tertiary alicyclic amines) is 1. The van der Waals surface area contributed by atoms with E-state index in [0.717, 1.165) is 25.2 Å². The van der Waals surface area contributed by atoms with Gasteiger partial charge in [-0.3, -0.25) is 23.5 Å². The highest BCUT2D eigenvalue weighted by Crippen LogP contribution is 2.14. The van der Waals surface area contributed by atoms with E-state index in [0.29, 0.717) is 22.6 Å². The van der Waals surface area contributed by atoms with Crippen molar-refractivity contribution >= 4 is 28.5 Å². The lowest BCUT2D eigenvalue weighted by Gasteiger charge is -2.26. The highest BCUT2D eigenvalue weighted by atomic mass is 35.5. The van der Waals surface area contributed by atoms with Crippen LogP contribution in [0.25, 0.3) is 11.0 Å². The van der Waals surface area contributed by atoms with E-state index in [4.69, 9.17) is 11.6 Å². The summed E-state index contributed by atoms with van der Waals surface area (Å²) >= 11 is 5.95. The summed E-state index contributed by atoms with van der Waals surface area (Å²) in [7, 11) is 0. The third kappa shape index (κ3) is 5.11. The fourth-order valence-corrected chi connectivity index (χ4v) is 4.32. The maximum Gasteiger partial charge on any atom is 0.317 e. The molecule has 0 spiro atoms. The largest absolute Gasteiger partial charge is 0.353 e. The zero-order valence-corrected chi connectivity index (χ0v) is 18.7. The third-order valence-corrected chi connectivity index (χ3v) is 6.14. The van der Waals surface area contributed by atoms with Crippen LogP contribution in [-0.4, -0.2) is 46.1 Å². The van der Waals surface area contributed by atoms with Crippen LogP contribution in [0.5, 0.6) is 0 Å². The number of halogens is 1. The number of nitrogens with zero attached hydrogens (tertiary/aromatic N) is 3. The molecule has 0 radical (unpaired) electrons. The van der Waals surface area contributed by atoms with E-state index in [9.17, 15) is 14.4 Å². The van der Waals surface area contributed by atoms with Crippen LogP contribution in [0.2, 0.25) is 5.02 Å². The molecule has 1 N–H and O–H groups in total. The smallest absolute Gasteiger partial charge is 0.317 e. The quantitative estimate of drug-likeness (QED) is 0.556. The maximum absolute atomic E-state index is 12.9. The molecule has 0 bridgehead atoms. The average molecular weight is 455 g/mol. The zero-order valence-electron chi connectivity index (χ0n) is 17.9. The molecule has 0 saturated carbocycles. The number of carbonyl (C=O) groups is 1. The number of amides is 1. The molecular weight excluding hydrogens is 428 g/mol. The van der Waals surface area contributed by atoms with Crippen LogP contribution in [0.15, 0.2) is 58.1 Å². The lowest BCUT2D eigenvalue weighted by Crippen LogP contribution is -2.45. The molecule has 1 amide bonds. The van der Waals surface area contributed by atoms with Crippen molar-refractivity contribution in [2.45, 2.75) is 32.4 Å². The van der Waals surface area contributed by atoms with E-state index in [1.165, 1.54) is 28.4 Å². The van der Waals surface area contributed by atoms with Crippen LogP contribution in [0.3, 0.4) is 0 Å². The lowest BCUT2D eigenvalue weighted by molar-refractivity contribution is -0.121. The number of nitrogens with one attached hydrogen (secondary N) is 1. The van der Waals surface area contributed by atoms with Crippen molar-refractivity contribution in [1.82, 2.24) is 19.4 Å². The number of hydrogen-bond donors (Lipinski definition) is 1. The van der Waals surface area contributed by atoms with Gasteiger partial charge in [-0.2, -0.15) is 0 Å². The van der Waals surface area contributed by atoms with Crippen molar-refractivity contribution in [3.05, 3.63) is 79.8 Å². The van der Waals surface area contributed by atoms with Crippen molar-refractivity contribution in [1.29, 1.82) is 0 Å². The Bertz CT molecular complexity index is 1210. The molecule has 7 nitrogen and oxygen atoms in total. The van der Waals surface area contributed by atoms with Gasteiger partial charge in [0, 0.05) is 18.1 Å². The molecule has 1 aromatic heterocycles. The molecule has 3 aromatic rings. The van der Waals surface area contributed by atoms with Gasteiger partial charge in [-0.1, -0.05) is 42.3 Å². The first kappa shape index (κ1) is 22.3. The van der Waals surface area contributed by atoms with Gasteiger partial charge in [0.2, 0.25) is 5.91 Å². The van der Waals surface area contributed by atoms with Crippen LogP contribution in [-0.2, 0) is 17.9 Å². The minimum absolute atomic E-state index is 0.184. The van der Waals surface area contributed by atoms with Crippen LogP contribution >= 0.6 is 11.6 Å². The third-order valence-electron chi connectivity index (χ3n) is 5.89. The first-order valence-electron chi connectivity index (χ1n) is 11.0. The molecule has 1 fully saturated rings. The fraction of sp³-hybridized carbons (Fsp3) is 0.375. The zero-order chi connectivity index (χ0) is 22.5. The monoisotopic (exact) mass is 454 g/mol. The number of carbonyl (C=O) groups excluding carboxylic acids is 1. The van der Waals surface area contributed by atoms with E-state index in [1.54, 1.807) is 30.3 Å². The Balaban J connectivity index is 1.55. The second-order valence-corrected chi connectivity index (χ2v) is 8.59. The van der Waals surface area contributed by atoms with E-state index < -0.39 is 11.1 Å². The molecule has 1 saturated heterocycles. The molecule has 1 aliphatic heterocycles. The Hall–Kier alpha value is -2.90. The summed E-state index contributed by atoms with van der Waals surface area (Å²) in [6.45, 7) is 3.51. The van der Waals surface area contributed by atoms with Gasteiger partial charge in [-0.05, 0) is 55.8 Å². The van der Waals surface area contributed by atoms with Crippen molar-refractivity contribution in [2.75, 3.05) is 26.2 Å². The van der Waals surface area contributed by atoms with Crippen molar-refractivity contribution in [3.63, 3.8) is 0 Å². The Morgan fingerprint density at radius 1 is 0.875 bits per heavy atom. The number of rotatable bonds is 7. The fourth-order valence-electron chi connectivity index (χ4n) is 4.19. The second kappa shape index (κ2) is 10.1. The van der Waals surface area contributed by atoms with Crippen LogP contribution in [0.1, 0.15) is 24.8 Å².